The minimum absolute atomic E-state index is 0.0407. The van der Waals surface area contributed by atoms with Gasteiger partial charge in [0.2, 0.25) is 0 Å². The number of amides is 1. The Morgan fingerprint density at radius 3 is 2.68 bits per heavy atom. The molecule has 34 heavy (non-hydrogen) atoms. The molecule has 2 aliphatic heterocycles. The minimum atomic E-state index is -0.101. The number of rotatable bonds is 8. The van der Waals surface area contributed by atoms with E-state index in [9.17, 15) is 4.79 Å². The number of nitrogens with one attached hydrogen (secondary N) is 1. The van der Waals surface area contributed by atoms with E-state index in [-0.39, 0.29) is 17.4 Å². The van der Waals surface area contributed by atoms with Crippen molar-refractivity contribution in [2.24, 2.45) is 5.92 Å². The molecule has 1 aromatic carbocycles. The van der Waals surface area contributed by atoms with Crippen molar-refractivity contribution in [1.29, 1.82) is 0 Å². The van der Waals surface area contributed by atoms with E-state index in [0.29, 0.717) is 37.3 Å². The van der Waals surface area contributed by atoms with Crippen molar-refractivity contribution in [2.45, 2.75) is 71.3 Å². The highest BCUT2D eigenvalue weighted by molar-refractivity contribution is 5.96. The highest BCUT2D eigenvalue weighted by Gasteiger charge is 2.26. The van der Waals surface area contributed by atoms with Crippen LogP contribution in [0.5, 0.6) is 5.75 Å². The molecule has 2 fully saturated rings. The smallest absolute Gasteiger partial charge is 0.324 e. The van der Waals surface area contributed by atoms with Gasteiger partial charge in [-0.15, -0.1) is 0 Å². The Labute approximate surface area is 202 Å². The highest BCUT2D eigenvalue weighted by atomic mass is 16.5. The van der Waals surface area contributed by atoms with Gasteiger partial charge in [0, 0.05) is 30.7 Å². The van der Waals surface area contributed by atoms with E-state index >= 15 is 0 Å². The summed E-state index contributed by atoms with van der Waals surface area (Å²) in [6.07, 6.45) is 5.29. The fraction of sp³-hybridized carbons (Fsp3) is 0.654. The first-order chi connectivity index (χ1) is 16.3. The maximum atomic E-state index is 12.5. The average Bonchev–Trinajstić information content (AvgIpc) is 3.49. The van der Waals surface area contributed by atoms with Gasteiger partial charge in [0.15, 0.2) is 5.82 Å². The van der Waals surface area contributed by atoms with E-state index in [1.165, 1.54) is 0 Å². The monoisotopic (exact) mass is 470 g/mol. The molecule has 0 radical (unpaired) electrons. The van der Waals surface area contributed by atoms with Gasteiger partial charge in [-0.1, -0.05) is 25.9 Å². The van der Waals surface area contributed by atoms with Crippen LogP contribution in [0.15, 0.2) is 22.7 Å². The van der Waals surface area contributed by atoms with Crippen molar-refractivity contribution in [2.75, 3.05) is 37.8 Å². The Morgan fingerprint density at radius 2 is 2.03 bits per heavy atom. The number of benzene rings is 1. The summed E-state index contributed by atoms with van der Waals surface area (Å²) in [5, 5.41) is 7.19. The van der Waals surface area contributed by atoms with Gasteiger partial charge in [-0.3, -0.25) is 4.79 Å². The van der Waals surface area contributed by atoms with Crippen molar-refractivity contribution in [1.82, 2.24) is 15.5 Å². The summed E-state index contributed by atoms with van der Waals surface area (Å²) >= 11 is 0. The third kappa shape index (κ3) is 6.29. The number of carbonyl (C=O) groups is 1. The van der Waals surface area contributed by atoms with E-state index < -0.39 is 0 Å². The molecule has 0 bridgehead atoms. The van der Waals surface area contributed by atoms with Crippen LogP contribution >= 0.6 is 0 Å². The summed E-state index contributed by atoms with van der Waals surface area (Å²) in [6, 6.07) is 6.46. The lowest BCUT2D eigenvalue weighted by molar-refractivity contribution is 0.0929. The number of nitrogens with zero attached hydrogens (tertiary/aromatic N) is 3. The van der Waals surface area contributed by atoms with Crippen LogP contribution < -0.4 is 15.0 Å². The zero-order valence-electron chi connectivity index (χ0n) is 20.9. The van der Waals surface area contributed by atoms with E-state index in [1.54, 1.807) is 0 Å². The van der Waals surface area contributed by atoms with Gasteiger partial charge in [-0.05, 0) is 68.7 Å². The number of piperidine rings is 1. The zero-order valence-corrected chi connectivity index (χ0v) is 20.9. The number of aryl methyl sites for hydroxylation is 1. The molecule has 0 aliphatic carbocycles. The fourth-order valence-corrected chi connectivity index (χ4v) is 4.52. The lowest BCUT2D eigenvalue weighted by atomic mass is 9.92. The summed E-state index contributed by atoms with van der Waals surface area (Å²) in [6.45, 7) is 12.1. The number of hydrogen-bond donors (Lipinski definition) is 1. The first-order valence-electron chi connectivity index (χ1n) is 12.5. The molecular formula is C26H38N4O4. The van der Waals surface area contributed by atoms with Crippen molar-refractivity contribution in [3.63, 3.8) is 0 Å². The SMILES string of the molecule is Cc1cc(OCCCC2CCN(c3nc(C(C)(C)C)no3)CC2)ccc1C(=O)N[C@H]1CCOC1. The molecule has 2 aromatic rings. The molecule has 8 nitrogen and oxygen atoms in total. The van der Waals surface area contributed by atoms with E-state index in [2.05, 4.69) is 41.1 Å². The van der Waals surface area contributed by atoms with Crippen LogP contribution in [0.2, 0.25) is 0 Å². The molecule has 0 saturated carbocycles. The summed E-state index contributed by atoms with van der Waals surface area (Å²) < 4.78 is 16.8. The topological polar surface area (TPSA) is 89.7 Å². The molecule has 8 heteroatoms. The van der Waals surface area contributed by atoms with Crippen LogP contribution in [-0.4, -0.2) is 55.0 Å². The highest BCUT2D eigenvalue weighted by Crippen LogP contribution is 2.27. The van der Waals surface area contributed by atoms with Gasteiger partial charge in [0.1, 0.15) is 5.75 Å². The second-order valence-electron chi connectivity index (χ2n) is 10.6. The molecule has 2 aliphatic rings. The number of ether oxygens (including phenoxy) is 2. The molecule has 4 rings (SSSR count). The first-order valence-corrected chi connectivity index (χ1v) is 12.5. The molecule has 1 atom stereocenters. The van der Waals surface area contributed by atoms with Crippen molar-refractivity contribution >= 4 is 11.9 Å². The van der Waals surface area contributed by atoms with Crippen molar-refractivity contribution in [3.05, 3.63) is 35.2 Å². The molecule has 0 unspecified atom stereocenters. The maximum Gasteiger partial charge on any atom is 0.324 e. The van der Waals surface area contributed by atoms with Gasteiger partial charge in [0.25, 0.3) is 5.91 Å². The van der Waals surface area contributed by atoms with Crippen LogP contribution in [0.3, 0.4) is 0 Å². The zero-order chi connectivity index (χ0) is 24.1. The number of carbonyl (C=O) groups excluding carboxylic acids is 1. The largest absolute Gasteiger partial charge is 0.494 e. The molecule has 1 N–H and O–H groups in total. The van der Waals surface area contributed by atoms with Gasteiger partial charge < -0.3 is 24.2 Å². The predicted molar refractivity (Wildman–Crippen MR) is 131 cm³/mol. The second-order valence-corrected chi connectivity index (χ2v) is 10.6. The Bertz CT molecular complexity index is 954. The molecular weight excluding hydrogens is 432 g/mol. The minimum Gasteiger partial charge on any atom is -0.494 e. The maximum absolute atomic E-state index is 12.5. The molecule has 0 spiro atoms. The lowest BCUT2D eigenvalue weighted by Gasteiger charge is -2.30. The van der Waals surface area contributed by atoms with Gasteiger partial charge in [-0.2, -0.15) is 4.98 Å². The molecule has 1 aromatic heterocycles. The van der Waals surface area contributed by atoms with Crippen LogP contribution in [0, 0.1) is 12.8 Å². The van der Waals surface area contributed by atoms with Gasteiger partial charge in [0.05, 0.1) is 19.3 Å². The second kappa shape index (κ2) is 10.8. The van der Waals surface area contributed by atoms with E-state index in [0.717, 1.165) is 62.3 Å². The first kappa shape index (κ1) is 24.5. The Kier molecular flexibility index (Phi) is 7.76. The Balaban J connectivity index is 1.16. The van der Waals surface area contributed by atoms with Gasteiger partial charge >= 0.3 is 6.01 Å². The summed E-state index contributed by atoms with van der Waals surface area (Å²) in [4.78, 5) is 19.3. The average molecular weight is 471 g/mol. The number of aromatic nitrogens is 2. The molecule has 3 heterocycles. The standard InChI is InChI=1S/C26H38N4O4/c1-18-16-21(7-8-22(18)23(31)27-20-11-15-32-17-20)33-14-5-6-19-9-12-30(13-10-19)25-28-24(29-34-25)26(2,3)4/h7-8,16,19-20H,5-6,9-15,17H2,1-4H3,(H,27,31)/t20-/m0/s1. The van der Waals surface area contributed by atoms with Gasteiger partial charge in [-0.25, -0.2) is 0 Å². The Hall–Kier alpha value is -2.61. The number of hydrogen-bond acceptors (Lipinski definition) is 7. The van der Waals surface area contributed by atoms with Crippen LogP contribution in [0.1, 0.15) is 74.6 Å². The quantitative estimate of drug-likeness (QED) is 0.576. The lowest BCUT2D eigenvalue weighted by Crippen LogP contribution is -2.35. The van der Waals surface area contributed by atoms with Crippen LogP contribution in [0.4, 0.5) is 6.01 Å². The van der Waals surface area contributed by atoms with Crippen LogP contribution in [-0.2, 0) is 10.2 Å². The summed E-state index contributed by atoms with van der Waals surface area (Å²) in [5.74, 6) is 2.23. The van der Waals surface area contributed by atoms with Crippen molar-refractivity contribution < 1.29 is 18.8 Å². The number of anilines is 1. The third-order valence-corrected chi connectivity index (χ3v) is 6.70. The summed E-state index contributed by atoms with van der Waals surface area (Å²) in [7, 11) is 0. The molecule has 1 amide bonds. The third-order valence-electron chi connectivity index (χ3n) is 6.70. The fourth-order valence-electron chi connectivity index (χ4n) is 4.52. The summed E-state index contributed by atoms with van der Waals surface area (Å²) in [5.41, 5.74) is 1.52. The predicted octanol–water partition coefficient (Wildman–Crippen LogP) is 4.27. The molecule has 2 saturated heterocycles. The molecule has 186 valence electrons. The van der Waals surface area contributed by atoms with Crippen LogP contribution in [0.25, 0.3) is 0 Å². The van der Waals surface area contributed by atoms with E-state index in [1.807, 2.05) is 25.1 Å². The Morgan fingerprint density at radius 1 is 1.24 bits per heavy atom. The normalized spacial score (nSPS) is 19.4. The van der Waals surface area contributed by atoms with E-state index in [4.69, 9.17) is 14.0 Å². The van der Waals surface area contributed by atoms with Crippen molar-refractivity contribution in [3.8, 4) is 5.75 Å².